The average molecular weight is 291 g/mol. The van der Waals surface area contributed by atoms with E-state index in [-0.39, 0.29) is 17.0 Å². The van der Waals surface area contributed by atoms with E-state index in [0.29, 0.717) is 16.5 Å². The third-order valence-electron chi connectivity index (χ3n) is 2.92. The zero-order valence-electron chi connectivity index (χ0n) is 12.3. The Bertz CT molecular complexity index is 737. The van der Waals surface area contributed by atoms with Crippen molar-refractivity contribution in [1.82, 2.24) is 0 Å². The molecule has 1 aromatic heterocycles. The van der Waals surface area contributed by atoms with Crippen LogP contribution >= 0.6 is 0 Å². The monoisotopic (exact) mass is 291 g/mol. The third kappa shape index (κ3) is 2.69. The molecule has 21 heavy (non-hydrogen) atoms. The average Bonchev–Trinajstić information content (AvgIpc) is 2.65. The highest BCUT2D eigenvalue weighted by Crippen LogP contribution is 2.33. The van der Waals surface area contributed by atoms with Crippen LogP contribution in [0.3, 0.4) is 0 Å². The number of hydrogen-bond donors (Lipinski definition) is 2. The summed E-state index contributed by atoms with van der Waals surface area (Å²) < 4.78 is 10.6. The summed E-state index contributed by atoms with van der Waals surface area (Å²) in [4.78, 5) is 23.5. The molecule has 0 atom stereocenters. The number of carboxylic acids is 1. The van der Waals surface area contributed by atoms with E-state index in [2.05, 4.69) is 0 Å². The fourth-order valence-electron chi connectivity index (χ4n) is 2.11. The molecule has 0 saturated heterocycles. The first-order valence-electron chi connectivity index (χ1n) is 6.40. The first kappa shape index (κ1) is 14.9. The maximum absolute atomic E-state index is 12.3. The van der Waals surface area contributed by atoms with E-state index in [4.69, 9.17) is 20.0 Å². The number of carbonyl (C=O) groups excluding carboxylic acids is 1. The van der Waals surface area contributed by atoms with Gasteiger partial charge in [0.1, 0.15) is 11.2 Å². The van der Waals surface area contributed by atoms with Crippen LogP contribution in [0.4, 0.5) is 5.69 Å². The van der Waals surface area contributed by atoms with E-state index in [9.17, 15) is 9.59 Å². The van der Waals surface area contributed by atoms with Crippen molar-refractivity contribution in [1.29, 1.82) is 0 Å². The van der Waals surface area contributed by atoms with E-state index < -0.39 is 17.5 Å². The number of carboxylic acid groups (broad SMARTS) is 1. The predicted octanol–water partition coefficient (Wildman–Crippen LogP) is 2.98. The van der Waals surface area contributed by atoms with Crippen molar-refractivity contribution in [2.75, 3.05) is 5.73 Å². The zero-order chi connectivity index (χ0) is 15.9. The van der Waals surface area contributed by atoms with Gasteiger partial charge in [0.05, 0.1) is 5.56 Å². The lowest BCUT2D eigenvalue weighted by molar-refractivity contribution is 0.00727. The van der Waals surface area contributed by atoms with Gasteiger partial charge in [-0.25, -0.2) is 9.59 Å². The van der Waals surface area contributed by atoms with Crippen molar-refractivity contribution < 1.29 is 23.8 Å². The molecular formula is C15H17NO5. The highest BCUT2D eigenvalue weighted by atomic mass is 16.6. The van der Waals surface area contributed by atoms with Gasteiger partial charge in [-0.2, -0.15) is 0 Å². The number of benzene rings is 1. The van der Waals surface area contributed by atoms with Gasteiger partial charge in [0.2, 0.25) is 5.76 Å². The van der Waals surface area contributed by atoms with Crippen LogP contribution in [0.25, 0.3) is 11.0 Å². The largest absolute Gasteiger partial charge is 0.475 e. The Kier molecular flexibility index (Phi) is 3.41. The number of ether oxygens (including phenoxy) is 1. The first-order valence-corrected chi connectivity index (χ1v) is 6.40. The van der Waals surface area contributed by atoms with Gasteiger partial charge in [-0.05, 0) is 39.8 Å². The molecule has 0 amide bonds. The van der Waals surface area contributed by atoms with Gasteiger partial charge >= 0.3 is 11.9 Å². The van der Waals surface area contributed by atoms with Crippen molar-refractivity contribution in [2.24, 2.45) is 0 Å². The van der Waals surface area contributed by atoms with Crippen molar-refractivity contribution in [3.05, 3.63) is 29.0 Å². The minimum absolute atomic E-state index is 0.135. The van der Waals surface area contributed by atoms with Crippen LogP contribution in [-0.4, -0.2) is 22.6 Å². The van der Waals surface area contributed by atoms with Gasteiger partial charge < -0.3 is 20.0 Å². The standard InChI is InChI=1S/C15H17NO5/c1-7-10-9(20-12(7)13(17)18)6-5-8(16)11(10)14(19)21-15(2,3)4/h5-6H,16H2,1-4H3,(H,17,18). The molecule has 0 aliphatic carbocycles. The maximum Gasteiger partial charge on any atom is 0.372 e. The van der Waals surface area contributed by atoms with E-state index in [1.165, 1.54) is 12.1 Å². The van der Waals surface area contributed by atoms with Crippen LogP contribution in [0.5, 0.6) is 0 Å². The lowest BCUT2D eigenvalue weighted by Crippen LogP contribution is -2.24. The van der Waals surface area contributed by atoms with Crippen molar-refractivity contribution in [2.45, 2.75) is 33.3 Å². The lowest BCUT2D eigenvalue weighted by atomic mass is 10.0. The van der Waals surface area contributed by atoms with Gasteiger partial charge in [0.15, 0.2) is 0 Å². The van der Waals surface area contributed by atoms with Crippen LogP contribution in [0, 0.1) is 6.92 Å². The van der Waals surface area contributed by atoms with Crippen LogP contribution in [0.2, 0.25) is 0 Å². The Labute approximate surface area is 121 Å². The van der Waals surface area contributed by atoms with Crippen molar-refractivity contribution >= 4 is 28.6 Å². The molecule has 0 fully saturated rings. The van der Waals surface area contributed by atoms with Crippen LogP contribution in [0.1, 0.15) is 47.2 Å². The van der Waals surface area contributed by atoms with Crippen LogP contribution in [-0.2, 0) is 4.74 Å². The van der Waals surface area contributed by atoms with E-state index in [1.54, 1.807) is 27.7 Å². The lowest BCUT2D eigenvalue weighted by Gasteiger charge is -2.20. The number of carbonyl (C=O) groups is 2. The molecule has 6 heteroatoms. The number of furan rings is 1. The molecule has 0 radical (unpaired) electrons. The Morgan fingerprint density at radius 2 is 1.90 bits per heavy atom. The molecular weight excluding hydrogens is 274 g/mol. The molecule has 1 heterocycles. The number of aryl methyl sites for hydroxylation is 1. The smallest absolute Gasteiger partial charge is 0.372 e. The Morgan fingerprint density at radius 1 is 1.29 bits per heavy atom. The molecule has 6 nitrogen and oxygen atoms in total. The fraction of sp³-hybridized carbons (Fsp3) is 0.333. The minimum Gasteiger partial charge on any atom is -0.475 e. The molecule has 0 spiro atoms. The van der Waals surface area contributed by atoms with E-state index in [0.717, 1.165) is 0 Å². The maximum atomic E-state index is 12.3. The summed E-state index contributed by atoms with van der Waals surface area (Å²) in [5.41, 5.74) is 6.19. The Hall–Kier alpha value is -2.50. The van der Waals surface area contributed by atoms with Crippen molar-refractivity contribution in [3.8, 4) is 0 Å². The topological polar surface area (TPSA) is 103 Å². The third-order valence-corrected chi connectivity index (χ3v) is 2.92. The first-order chi connectivity index (χ1) is 9.61. The quantitative estimate of drug-likeness (QED) is 0.651. The number of esters is 1. The summed E-state index contributed by atoms with van der Waals surface area (Å²) in [6, 6.07) is 3.04. The number of nitrogen functional groups attached to an aromatic ring is 1. The normalized spacial score (nSPS) is 11.6. The Morgan fingerprint density at radius 3 is 2.43 bits per heavy atom. The molecule has 0 bridgehead atoms. The molecule has 0 saturated carbocycles. The molecule has 0 aliphatic rings. The van der Waals surface area contributed by atoms with E-state index in [1.807, 2.05) is 0 Å². The van der Waals surface area contributed by atoms with Gasteiger partial charge in [0, 0.05) is 16.6 Å². The predicted molar refractivity (Wildman–Crippen MR) is 77.5 cm³/mol. The second kappa shape index (κ2) is 4.80. The minimum atomic E-state index is -1.20. The number of rotatable bonds is 2. The van der Waals surface area contributed by atoms with Crippen LogP contribution in [0.15, 0.2) is 16.5 Å². The summed E-state index contributed by atoms with van der Waals surface area (Å²) in [5, 5.41) is 9.49. The number of aromatic carboxylic acids is 1. The zero-order valence-corrected chi connectivity index (χ0v) is 12.3. The van der Waals surface area contributed by atoms with Gasteiger partial charge in [-0.15, -0.1) is 0 Å². The Balaban J connectivity index is 2.70. The summed E-state index contributed by atoms with van der Waals surface area (Å²) in [6.45, 7) is 6.80. The summed E-state index contributed by atoms with van der Waals surface area (Å²) in [5.74, 6) is -2.01. The molecule has 112 valence electrons. The summed E-state index contributed by atoms with van der Waals surface area (Å²) in [6.07, 6.45) is 0. The molecule has 0 aliphatic heterocycles. The fourth-order valence-corrected chi connectivity index (χ4v) is 2.11. The SMILES string of the molecule is Cc1c(C(=O)O)oc2ccc(N)c(C(=O)OC(C)(C)C)c12. The molecule has 3 N–H and O–H groups in total. The highest BCUT2D eigenvalue weighted by Gasteiger charge is 2.26. The van der Waals surface area contributed by atoms with Crippen molar-refractivity contribution in [3.63, 3.8) is 0 Å². The molecule has 2 rings (SSSR count). The van der Waals surface area contributed by atoms with Gasteiger partial charge in [-0.1, -0.05) is 0 Å². The van der Waals surface area contributed by atoms with E-state index >= 15 is 0 Å². The highest BCUT2D eigenvalue weighted by molar-refractivity contribution is 6.11. The van der Waals surface area contributed by atoms with Gasteiger partial charge in [-0.3, -0.25) is 0 Å². The molecule has 1 aromatic carbocycles. The molecule has 2 aromatic rings. The number of fused-ring (bicyclic) bond motifs is 1. The second-order valence-electron chi connectivity index (χ2n) is 5.77. The summed E-state index contributed by atoms with van der Waals surface area (Å²) in [7, 11) is 0. The second-order valence-corrected chi connectivity index (χ2v) is 5.77. The number of hydrogen-bond acceptors (Lipinski definition) is 5. The number of nitrogens with two attached hydrogens (primary N) is 1. The van der Waals surface area contributed by atoms with Crippen LogP contribution < -0.4 is 5.73 Å². The number of anilines is 1. The molecule has 0 unspecified atom stereocenters. The van der Waals surface area contributed by atoms with Gasteiger partial charge in [0.25, 0.3) is 0 Å². The summed E-state index contributed by atoms with van der Waals surface area (Å²) >= 11 is 0.